The number of anilines is 1. The Morgan fingerprint density at radius 2 is 1.91 bits per heavy atom. The lowest BCUT2D eigenvalue weighted by atomic mass is 9.84. The Hall–Kier alpha value is -3.26. The highest BCUT2D eigenvalue weighted by molar-refractivity contribution is 5.96. The molecular weight excluding hydrogens is 447 g/mol. The summed E-state index contributed by atoms with van der Waals surface area (Å²) in [5, 5.41) is 8.99. The van der Waals surface area contributed by atoms with E-state index in [1.54, 1.807) is 30.3 Å². The standard InChI is InChI=1S/C27H33FN4O3/c1-18(33)20-8-5-10-23(14-20)30-27(35)31-25-11-3-2-7-21(25)15-32-16-24(29-26(34)17-32)13-19-6-4-9-22(28)12-19/h4-6,8-10,12,14,21,24-25H,2-3,7,11,13,15-17H2,1H3,(H,29,34)(H2,30,31,35)/t21-,24-,25+/m0/s1. The monoisotopic (exact) mass is 480 g/mol. The van der Waals surface area contributed by atoms with Crippen LogP contribution in [0, 0.1) is 11.7 Å². The number of hydrogen-bond donors (Lipinski definition) is 3. The van der Waals surface area contributed by atoms with Gasteiger partial charge in [0.15, 0.2) is 5.78 Å². The van der Waals surface area contributed by atoms with E-state index in [9.17, 15) is 18.8 Å². The van der Waals surface area contributed by atoms with Gasteiger partial charge in [-0.2, -0.15) is 0 Å². The molecule has 2 aromatic carbocycles. The molecule has 2 aliphatic rings. The van der Waals surface area contributed by atoms with Crippen LogP contribution >= 0.6 is 0 Å². The van der Waals surface area contributed by atoms with E-state index in [-0.39, 0.29) is 41.5 Å². The summed E-state index contributed by atoms with van der Waals surface area (Å²) in [6, 6.07) is 13.0. The van der Waals surface area contributed by atoms with Crippen LogP contribution < -0.4 is 16.0 Å². The van der Waals surface area contributed by atoms with Crippen LogP contribution in [0.4, 0.5) is 14.9 Å². The first-order chi connectivity index (χ1) is 16.9. The first kappa shape index (κ1) is 24.9. The Labute approximate surface area is 205 Å². The summed E-state index contributed by atoms with van der Waals surface area (Å²) in [4.78, 5) is 38.9. The Kier molecular flexibility index (Phi) is 8.13. The van der Waals surface area contributed by atoms with Crippen LogP contribution in [0.15, 0.2) is 48.5 Å². The van der Waals surface area contributed by atoms with Crippen LogP contribution in [0.5, 0.6) is 0 Å². The van der Waals surface area contributed by atoms with Crippen molar-refractivity contribution in [1.29, 1.82) is 0 Å². The number of amides is 3. The molecule has 186 valence electrons. The molecule has 0 unspecified atom stereocenters. The lowest BCUT2D eigenvalue weighted by Gasteiger charge is -2.39. The van der Waals surface area contributed by atoms with Gasteiger partial charge in [-0.25, -0.2) is 9.18 Å². The predicted molar refractivity (Wildman–Crippen MR) is 133 cm³/mol. The number of Topliss-reactive ketones (excluding diaryl/α,β-unsaturated/α-hetero) is 1. The number of carbonyl (C=O) groups excluding carboxylic acids is 3. The van der Waals surface area contributed by atoms with E-state index in [1.165, 1.54) is 19.1 Å². The summed E-state index contributed by atoms with van der Waals surface area (Å²) >= 11 is 0. The Balaban J connectivity index is 1.34. The molecular formula is C27H33FN4O3. The van der Waals surface area contributed by atoms with Crippen molar-refractivity contribution in [2.45, 2.75) is 51.1 Å². The second kappa shape index (κ2) is 11.4. The molecule has 7 nitrogen and oxygen atoms in total. The number of halogens is 1. The number of urea groups is 1. The van der Waals surface area contributed by atoms with Crippen LogP contribution in [0.2, 0.25) is 0 Å². The maximum atomic E-state index is 13.6. The molecule has 0 radical (unpaired) electrons. The summed E-state index contributed by atoms with van der Waals surface area (Å²) in [5.41, 5.74) is 1.99. The van der Waals surface area contributed by atoms with Crippen molar-refractivity contribution in [1.82, 2.24) is 15.5 Å². The van der Waals surface area contributed by atoms with Crippen molar-refractivity contribution in [2.75, 3.05) is 25.0 Å². The van der Waals surface area contributed by atoms with Gasteiger partial charge in [-0.15, -0.1) is 0 Å². The van der Waals surface area contributed by atoms with Crippen molar-refractivity contribution in [3.8, 4) is 0 Å². The maximum Gasteiger partial charge on any atom is 0.319 e. The summed E-state index contributed by atoms with van der Waals surface area (Å²) in [6.07, 6.45) is 4.59. The average Bonchev–Trinajstić information content (AvgIpc) is 2.80. The van der Waals surface area contributed by atoms with Crippen LogP contribution in [0.25, 0.3) is 0 Å². The molecule has 3 amide bonds. The number of carbonyl (C=O) groups is 3. The zero-order chi connectivity index (χ0) is 24.8. The summed E-state index contributed by atoms with van der Waals surface area (Å²) in [5.74, 6) is -0.119. The van der Waals surface area contributed by atoms with Crippen LogP contribution in [0.3, 0.4) is 0 Å². The lowest BCUT2D eigenvalue weighted by Crippen LogP contribution is -2.57. The topological polar surface area (TPSA) is 90.5 Å². The lowest BCUT2D eigenvalue weighted by molar-refractivity contribution is -0.125. The van der Waals surface area contributed by atoms with Gasteiger partial charge in [0.1, 0.15) is 5.82 Å². The molecule has 3 atom stereocenters. The van der Waals surface area contributed by atoms with Crippen molar-refractivity contribution in [3.05, 3.63) is 65.5 Å². The van der Waals surface area contributed by atoms with Gasteiger partial charge in [0.2, 0.25) is 5.91 Å². The Bertz CT molecular complexity index is 1080. The number of piperazine rings is 1. The van der Waals surface area contributed by atoms with Gasteiger partial charge in [0.25, 0.3) is 0 Å². The third kappa shape index (κ3) is 7.11. The van der Waals surface area contributed by atoms with Crippen LogP contribution in [-0.2, 0) is 11.2 Å². The van der Waals surface area contributed by atoms with Crippen molar-refractivity contribution in [2.24, 2.45) is 5.92 Å². The molecule has 1 aliphatic heterocycles. The summed E-state index contributed by atoms with van der Waals surface area (Å²) in [6.45, 7) is 3.23. The predicted octanol–water partition coefficient (Wildman–Crippen LogP) is 3.75. The largest absolute Gasteiger partial charge is 0.351 e. The number of rotatable bonds is 7. The van der Waals surface area contributed by atoms with Crippen LogP contribution in [-0.4, -0.2) is 54.3 Å². The van der Waals surface area contributed by atoms with Gasteiger partial charge in [0, 0.05) is 36.4 Å². The molecule has 2 aromatic rings. The van der Waals surface area contributed by atoms with E-state index < -0.39 is 0 Å². The van der Waals surface area contributed by atoms with Crippen LogP contribution in [0.1, 0.15) is 48.5 Å². The minimum atomic E-state index is -0.289. The van der Waals surface area contributed by atoms with Gasteiger partial charge in [0.05, 0.1) is 6.54 Å². The molecule has 2 fully saturated rings. The van der Waals surface area contributed by atoms with Crippen molar-refractivity contribution >= 4 is 23.4 Å². The molecule has 1 saturated carbocycles. The van der Waals surface area contributed by atoms with E-state index in [0.717, 1.165) is 37.8 Å². The quantitative estimate of drug-likeness (QED) is 0.527. The Morgan fingerprint density at radius 3 is 2.71 bits per heavy atom. The number of hydrogen-bond acceptors (Lipinski definition) is 4. The minimum absolute atomic E-state index is 0.00592. The summed E-state index contributed by atoms with van der Waals surface area (Å²) in [7, 11) is 0. The SMILES string of the molecule is CC(=O)c1cccc(NC(=O)N[C@@H]2CCCC[C@H]2CN2CC(=O)N[C@@H](Cc3cccc(F)c3)C2)c1. The van der Waals surface area contributed by atoms with E-state index in [1.807, 2.05) is 6.07 Å². The average molecular weight is 481 g/mol. The van der Waals surface area contributed by atoms with Gasteiger partial charge in [-0.3, -0.25) is 14.5 Å². The molecule has 1 aliphatic carbocycles. The maximum absolute atomic E-state index is 13.6. The molecule has 8 heteroatoms. The molecule has 1 saturated heterocycles. The highest BCUT2D eigenvalue weighted by Gasteiger charge is 2.32. The van der Waals surface area contributed by atoms with E-state index >= 15 is 0 Å². The smallest absolute Gasteiger partial charge is 0.319 e. The number of ketones is 1. The molecule has 0 spiro atoms. The number of benzene rings is 2. The highest BCUT2D eigenvalue weighted by atomic mass is 19.1. The molecule has 1 heterocycles. The van der Waals surface area contributed by atoms with Gasteiger partial charge in [-0.1, -0.05) is 37.1 Å². The fourth-order valence-corrected chi connectivity index (χ4v) is 5.20. The fourth-order valence-electron chi connectivity index (χ4n) is 5.20. The van der Waals surface area contributed by atoms with Crippen molar-refractivity contribution in [3.63, 3.8) is 0 Å². The second-order valence-corrected chi connectivity index (χ2v) is 9.68. The zero-order valence-corrected chi connectivity index (χ0v) is 20.1. The first-order valence-corrected chi connectivity index (χ1v) is 12.3. The third-order valence-electron chi connectivity index (χ3n) is 6.83. The van der Waals surface area contributed by atoms with Crippen molar-refractivity contribution < 1.29 is 18.8 Å². The first-order valence-electron chi connectivity index (χ1n) is 12.3. The van der Waals surface area contributed by atoms with Gasteiger partial charge in [-0.05, 0) is 61.9 Å². The molecule has 0 bridgehead atoms. The number of nitrogens with one attached hydrogen (secondary N) is 3. The zero-order valence-electron chi connectivity index (χ0n) is 20.1. The molecule has 35 heavy (non-hydrogen) atoms. The Morgan fingerprint density at radius 1 is 1.11 bits per heavy atom. The number of nitrogens with zero attached hydrogens (tertiary/aromatic N) is 1. The summed E-state index contributed by atoms with van der Waals surface area (Å²) < 4.78 is 13.6. The minimum Gasteiger partial charge on any atom is -0.351 e. The highest BCUT2D eigenvalue weighted by Crippen LogP contribution is 2.26. The third-order valence-corrected chi connectivity index (χ3v) is 6.83. The van der Waals surface area contributed by atoms with E-state index in [4.69, 9.17) is 0 Å². The molecule has 0 aromatic heterocycles. The molecule has 3 N–H and O–H groups in total. The van der Waals surface area contributed by atoms with Gasteiger partial charge < -0.3 is 16.0 Å². The fraction of sp³-hybridized carbons (Fsp3) is 0.444. The second-order valence-electron chi connectivity index (χ2n) is 9.68. The van der Waals surface area contributed by atoms with E-state index in [2.05, 4.69) is 20.9 Å². The molecule has 4 rings (SSSR count). The normalized spacial score (nSPS) is 22.8. The van der Waals surface area contributed by atoms with E-state index in [0.29, 0.717) is 30.8 Å². The van der Waals surface area contributed by atoms with Gasteiger partial charge >= 0.3 is 6.03 Å².